The molecule has 3 aromatic heterocycles. The standard InChI is InChI=1S/C27H22F6N6O3S/c1-15-19(7-8-22-21(15)13-37-39(22)14-25(40,26(28,29)30)27(31,32)33)24-20-11-23(36-12-16(20)9-10-35-24)38-17-3-5-18(6-4-17)43(41,42)34-2/h3-13,34,40H,14H2,1-2H3,(H,36,38). The van der Waals surface area contributed by atoms with Gasteiger partial charge >= 0.3 is 12.4 Å². The number of aryl methyl sites for hydroxylation is 1. The second-order valence-corrected chi connectivity index (χ2v) is 11.5. The number of aromatic nitrogens is 4. The van der Waals surface area contributed by atoms with Gasteiger partial charge in [-0.05, 0) is 62.0 Å². The van der Waals surface area contributed by atoms with Gasteiger partial charge in [-0.3, -0.25) is 9.67 Å². The maximum atomic E-state index is 13.3. The molecule has 16 heteroatoms. The zero-order valence-electron chi connectivity index (χ0n) is 22.3. The molecule has 9 nitrogen and oxygen atoms in total. The fourth-order valence-electron chi connectivity index (χ4n) is 4.56. The molecule has 43 heavy (non-hydrogen) atoms. The Morgan fingerprint density at radius 2 is 1.58 bits per heavy atom. The van der Waals surface area contributed by atoms with E-state index in [1.54, 1.807) is 37.4 Å². The number of hydrogen-bond donors (Lipinski definition) is 3. The molecule has 3 heterocycles. The molecule has 0 bridgehead atoms. The summed E-state index contributed by atoms with van der Waals surface area (Å²) >= 11 is 0. The van der Waals surface area contributed by atoms with E-state index in [1.165, 1.54) is 37.5 Å². The maximum absolute atomic E-state index is 13.3. The van der Waals surface area contributed by atoms with Crippen molar-refractivity contribution in [3.63, 3.8) is 0 Å². The van der Waals surface area contributed by atoms with Crippen molar-refractivity contribution in [3.05, 3.63) is 72.7 Å². The fraction of sp³-hybridized carbons (Fsp3) is 0.222. The first kappa shape index (κ1) is 30.2. The molecule has 0 saturated heterocycles. The van der Waals surface area contributed by atoms with E-state index in [9.17, 15) is 39.9 Å². The topological polar surface area (TPSA) is 122 Å². The minimum atomic E-state index is -5.99. The molecular formula is C27H22F6N6O3S. The van der Waals surface area contributed by atoms with E-state index in [-0.39, 0.29) is 15.8 Å². The highest BCUT2D eigenvalue weighted by Gasteiger charge is 2.70. The largest absolute Gasteiger partial charge is 0.428 e. The van der Waals surface area contributed by atoms with Crippen LogP contribution in [-0.2, 0) is 16.6 Å². The highest BCUT2D eigenvalue weighted by molar-refractivity contribution is 7.89. The molecule has 0 saturated carbocycles. The Labute approximate surface area is 240 Å². The van der Waals surface area contributed by atoms with Gasteiger partial charge < -0.3 is 10.4 Å². The van der Waals surface area contributed by atoms with Crippen LogP contribution in [0.5, 0.6) is 0 Å². The lowest BCUT2D eigenvalue weighted by Gasteiger charge is -2.32. The molecule has 0 aliphatic rings. The number of anilines is 2. The number of nitrogens with one attached hydrogen (secondary N) is 2. The number of sulfonamides is 1. The lowest BCUT2D eigenvalue weighted by molar-refractivity contribution is -0.372. The van der Waals surface area contributed by atoms with Gasteiger partial charge in [-0.15, -0.1) is 0 Å². The minimum Gasteiger partial charge on any atom is -0.372 e. The number of rotatable bonds is 7. The number of pyridine rings is 2. The van der Waals surface area contributed by atoms with Crippen molar-refractivity contribution in [1.29, 1.82) is 0 Å². The van der Waals surface area contributed by atoms with Crippen LogP contribution in [0.1, 0.15) is 5.56 Å². The average molecular weight is 625 g/mol. The molecule has 0 radical (unpaired) electrons. The second-order valence-electron chi connectivity index (χ2n) is 9.64. The summed E-state index contributed by atoms with van der Waals surface area (Å²) in [7, 11) is -2.31. The lowest BCUT2D eigenvalue weighted by atomic mass is 9.98. The quantitative estimate of drug-likeness (QED) is 0.206. The number of nitrogens with zero attached hydrogens (tertiary/aromatic N) is 4. The predicted octanol–water partition coefficient (Wildman–Crippen LogP) is 5.46. The molecule has 5 aromatic rings. The molecule has 0 atom stereocenters. The average Bonchev–Trinajstić information content (AvgIpc) is 3.35. The van der Waals surface area contributed by atoms with Crippen molar-refractivity contribution < 1.29 is 39.9 Å². The van der Waals surface area contributed by atoms with Crippen LogP contribution >= 0.6 is 0 Å². The number of alkyl halides is 6. The van der Waals surface area contributed by atoms with Crippen LogP contribution in [0.3, 0.4) is 0 Å². The molecular weight excluding hydrogens is 602 g/mol. The molecule has 226 valence electrons. The molecule has 0 spiro atoms. The van der Waals surface area contributed by atoms with Crippen molar-refractivity contribution in [2.45, 2.75) is 36.3 Å². The fourth-order valence-corrected chi connectivity index (χ4v) is 5.29. The number of benzene rings is 2. The summed E-state index contributed by atoms with van der Waals surface area (Å²) in [6.07, 6.45) is -7.72. The van der Waals surface area contributed by atoms with Crippen LogP contribution in [0.4, 0.5) is 37.8 Å². The molecule has 0 aliphatic carbocycles. The molecule has 0 unspecified atom stereocenters. The van der Waals surface area contributed by atoms with Crippen LogP contribution in [0.2, 0.25) is 0 Å². The number of hydrogen-bond acceptors (Lipinski definition) is 7. The summed E-state index contributed by atoms with van der Waals surface area (Å²) in [6, 6.07) is 12.2. The lowest BCUT2D eigenvalue weighted by Crippen LogP contribution is -2.59. The molecule has 2 aromatic carbocycles. The van der Waals surface area contributed by atoms with E-state index in [0.717, 1.165) is 6.20 Å². The van der Waals surface area contributed by atoms with Crippen molar-refractivity contribution >= 4 is 43.2 Å². The second kappa shape index (κ2) is 10.5. The Balaban J connectivity index is 1.52. The van der Waals surface area contributed by atoms with Gasteiger partial charge in [0.05, 0.1) is 28.8 Å². The van der Waals surface area contributed by atoms with Gasteiger partial charge in [-0.1, -0.05) is 6.07 Å². The third kappa shape index (κ3) is 5.36. The highest BCUT2D eigenvalue weighted by Crippen LogP contribution is 2.44. The molecule has 0 aliphatic heterocycles. The summed E-state index contributed by atoms with van der Waals surface area (Å²) in [5.41, 5.74) is -3.00. The van der Waals surface area contributed by atoms with Gasteiger partial charge in [-0.25, -0.2) is 18.1 Å². The predicted molar refractivity (Wildman–Crippen MR) is 146 cm³/mol. The summed E-state index contributed by atoms with van der Waals surface area (Å²) in [5, 5.41) is 18.1. The van der Waals surface area contributed by atoms with Gasteiger partial charge in [0.1, 0.15) is 5.82 Å². The van der Waals surface area contributed by atoms with Crippen LogP contribution in [0, 0.1) is 6.92 Å². The third-order valence-corrected chi connectivity index (χ3v) is 8.45. The van der Waals surface area contributed by atoms with Gasteiger partial charge in [0.2, 0.25) is 10.0 Å². The first-order chi connectivity index (χ1) is 20.1. The number of fused-ring (bicyclic) bond motifs is 2. The maximum Gasteiger partial charge on any atom is 0.428 e. The molecule has 0 amide bonds. The van der Waals surface area contributed by atoms with E-state index in [4.69, 9.17) is 0 Å². The van der Waals surface area contributed by atoms with Crippen molar-refractivity contribution in [1.82, 2.24) is 24.5 Å². The summed E-state index contributed by atoms with van der Waals surface area (Å²) in [5.74, 6) is 0.399. The van der Waals surface area contributed by atoms with Gasteiger partial charge in [0.15, 0.2) is 0 Å². The Bertz CT molecular complexity index is 1930. The normalized spacial score (nSPS) is 13.1. The SMILES string of the molecule is CNS(=O)(=O)c1ccc(Nc2cc3c(-c4ccc5c(cnn5CC(O)(C(F)(F)F)C(F)(F)F)c4C)nccc3cn2)cc1. The van der Waals surface area contributed by atoms with Crippen LogP contribution in [-0.4, -0.2) is 58.3 Å². The van der Waals surface area contributed by atoms with Crippen molar-refractivity contribution in [2.75, 3.05) is 12.4 Å². The minimum absolute atomic E-state index is 0.0406. The summed E-state index contributed by atoms with van der Waals surface area (Å²) in [6.45, 7) is -0.248. The summed E-state index contributed by atoms with van der Waals surface area (Å²) in [4.78, 5) is 8.94. The monoisotopic (exact) mass is 624 g/mol. The van der Waals surface area contributed by atoms with Gasteiger partial charge in [0, 0.05) is 39.8 Å². The Morgan fingerprint density at radius 3 is 2.21 bits per heavy atom. The van der Waals surface area contributed by atoms with Crippen LogP contribution < -0.4 is 10.0 Å². The third-order valence-electron chi connectivity index (χ3n) is 7.02. The number of halogens is 6. The Hall–Kier alpha value is -4.28. The van der Waals surface area contributed by atoms with E-state index in [0.29, 0.717) is 43.8 Å². The van der Waals surface area contributed by atoms with E-state index in [2.05, 4.69) is 25.1 Å². The highest BCUT2D eigenvalue weighted by atomic mass is 32.2. The van der Waals surface area contributed by atoms with Crippen LogP contribution in [0.15, 0.2) is 72.0 Å². The Morgan fingerprint density at radius 1 is 0.907 bits per heavy atom. The number of aliphatic hydroxyl groups is 1. The van der Waals surface area contributed by atoms with Crippen molar-refractivity contribution in [2.24, 2.45) is 0 Å². The first-order valence-corrected chi connectivity index (χ1v) is 13.9. The van der Waals surface area contributed by atoms with E-state index in [1.807, 2.05) is 0 Å². The van der Waals surface area contributed by atoms with Crippen LogP contribution in [0.25, 0.3) is 32.9 Å². The molecule has 3 N–H and O–H groups in total. The van der Waals surface area contributed by atoms with Crippen molar-refractivity contribution in [3.8, 4) is 11.3 Å². The zero-order chi connectivity index (χ0) is 31.4. The smallest absolute Gasteiger partial charge is 0.372 e. The Kier molecular flexibility index (Phi) is 7.35. The van der Waals surface area contributed by atoms with Gasteiger partial charge in [-0.2, -0.15) is 31.4 Å². The summed E-state index contributed by atoms with van der Waals surface area (Å²) < 4.78 is 106. The van der Waals surface area contributed by atoms with E-state index >= 15 is 0 Å². The zero-order valence-corrected chi connectivity index (χ0v) is 23.1. The molecule has 0 fully saturated rings. The molecule has 5 rings (SSSR count). The van der Waals surface area contributed by atoms with Gasteiger partial charge in [0.25, 0.3) is 5.60 Å². The first-order valence-electron chi connectivity index (χ1n) is 12.4. The van der Waals surface area contributed by atoms with E-state index < -0.39 is 34.5 Å².